The molecule has 0 unspecified atom stereocenters. The van der Waals surface area contributed by atoms with Crippen molar-refractivity contribution in [3.8, 4) is 11.3 Å². The number of pyridine rings is 1. The van der Waals surface area contributed by atoms with Gasteiger partial charge in [-0.3, -0.25) is 19.9 Å². The molecule has 10 heteroatoms. The van der Waals surface area contributed by atoms with Crippen LogP contribution in [0.1, 0.15) is 11.3 Å². The van der Waals surface area contributed by atoms with Crippen LogP contribution >= 0.6 is 0 Å². The number of hydrogen-bond donors (Lipinski definition) is 1. The average molecular weight is 490 g/mol. The van der Waals surface area contributed by atoms with Crippen LogP contribution in [0.5, 0.6) is 0 Å². The minimum atomic E-state index is -4.19. The van der Waals surface area contributed by atoms with E-state index in [1.807, 2.05) is 0 Å². The lowest BCUT2D eigenvalue weighted by Crippen LogP contribution is -2.28. The SMILES string of the molecule is O=C(NCc1cccnc1)/C(=C/c1ccc(-c2cccc([N+](=O)[O-])c2)o1)S(=O)(=O)c1ccccc1. The van der Waals surface area contributed by atoms with Gasteiger partial charge in [0.2, 0.25) is 9.84 Å². The van der Waals surface area contributed by atoms with Crippen molar-refractivity contribution in [1.29, 1.82) is 0 Å². The lowest BCUT2D eigenvalue weighted by Gasteiger charge is -2.10. The van der Waals surface area contributed by atoms with Gasteiger partial charge in [0.15, 0.2) is 0 Å². The van der Waals surface area contributed by atoms with E-state index in [1.165, 1.54) is 36.4 Å². The molecule has 0 bridgehead atoms. The quantitative estimate of drug-likeness (QED) is 0.221. The maximum Gasteiger partial charge on any atom is 0.270 e. The summed E-state index contributed by atoms with van der Waals surface area (Å²) in [4.78, 5) is 27.0. The number of rotatable bonds is 8. The van der Waals surface area contributed by atoms with E-state index in [1.54, 1.807) is 54.9 Å². The van der Waals surface area contributed by atoms with Gasteiger partial charge in [0.1, 0.15) is 16.4 Å². The highest BCUT2D eigenvalue weighted by Gasteiger charge is 2.27. The first-order chi connectivity index (χ1) is 16.8. The van der Waals surface area contributed by atoms with E-state index in [-0.39, 0.29) is 28.6 Å². The van der Waals surface area contributed by atoms with E-state index in [9.17, 15) is 23.3 Å². The molecule has 2 heterocycles. The highest BCUT2D eigenvalue weighted by atomic mass is 32.2. The molecule has 0 saturated heterocycles. The lowest BCUT2D eigenvalue weighted by atomic mass is 10.1. The number of furan rings is 1. The van der Waals surface area contributed by atoms with Crippen molar-refractivity contribution < 1.29 is 22.6 Å². The standard InChI is InChI=1S/C25H19N3O6S/c29-25(27-17-18-6-5-13-26-16-18)24(35(32,33)22-9-2-1-3-10-22)15-21-11-12-23(34-21)19-7-4-8-20(14-19)28(30)31/h1-16H,17H2,(H,27,29)/b24-15-. The van der Waals surface area contributed by atoms with Crippen LogP contribution in [0.25, 0.3) is 17.4 Å². The third kappa shape index (κ3) is 5.50. The molecule has 2 aromatic heterocycles. The number of nitrogens with one attached hydrogen (secondary N) is 1. The molecule has 35 heavy (non-hydrogen) atoms. The number of hydrogen-bond acceptors (Lipinski definition) is 7. The molecule has 0 aliphatic rings. The van der Waals surface area contributed by atoms with Crippen LogP contribution in [-0.4, -0.2) is 24.2 Å². The number of nitro benzene ring substituents is 1. The fourth-order valence-corrected chi connectivity index (χ4v) is 4.61. The first kappa shape index (κ1) is 23.6. The van der Waals surface area contributed by atoms with Gasteiger partial charge < -0.3 is 9.73 Å². The molecule has 0 aliphatic heterocycles. The van der Waals surface area contributed by atoms with Crippen LogP contribution < -0.4 is 5.32 Å². The van der Waals surface area contributed by atoms with E-state index < -0.39 is 25.6 Å². The molecule has 4 rings (SSSR count). The Balaban J connectivity index is 1.70. The Bertz CT molecular complexity index is 1500. The largest absolute Gasteiger partial charge is 0.457 e. The second-order valence-electron chi connectivity index (χ2n) is 7.38. The Morgan fingerprint density at radius 1 is 1.03 bits per heavy atom. The summed E-state index contributed by atoms with van der Waals surface area (Å²) < 4.78 is 32.4. The molecule has 9 nitrogen and oxygen atoms in total. The van der Waals surface area contributed by atoms with Gasteiger partial charge in [-0.15, -0.1) is 0 Å². The Morgan fingerprint density at radius 3 is 2.54 bits per heavy atom. The van der Waals surface area contributed by atoms with Crippen LogP contribution in [-0.2, 0) is 21.2 Å². The number of carbonyl (C=O) groups excluding carboxylic acids is 1. The molecule has 0 atom stereocenters. The second kappa shape index (κ2) is 10.1. The summed E-state index contributed by atoms with van der Waals surface area (Å²) in [6.45, 7) is 0.0748. The van der Waals surface area contributed by atoms with Crippen molar-refractivity contribution in [3.05, 3.63) is 118 Å². The zero-order valence-corrected chi connectivity index (χ0v) is 19.0. The summed E-state index contributed by atoms with van der Waals surface area (Å²) >= 11 is 0. The topological polar surface area (TPSA) is 132 Å². The highest BCUT2D eigenvalue weighted by molar-refractivity contribution is 7.96. The van der Waals surface area contributed by atoms with Crippen LogP contribution in [0, 0.1) is 10.1 Å². The van der Waals surface area contributed by atoms with Gasteiger partial charge in [-0.1, -0.05) is 36.4 Å². The van der Waals surface area contributed by atoms with E-state index >= 15 is 0 Å². The summed E-state index contributed by atoms with van der Waals surface area (Å²) in [5.74, 6) is -0.435. The molecule has 176 valence electrons. The molecule has 1 N–H and O–H groups in total. The zero-order chi connectivity index (χ0) is 24.8. The van der Waals surface area contributed by atoms with Crippen LogP contribution in [0.2, 0.25) is 0 Å². The highest BCUT2D eigenvalue weighted by Crippen LogP contribution is 2.28. The van der Waals surface area contributed by atoms with Crippen molar-refractivity contribution in [2.24, 2.45) is 0 Å². The number of amides is 1. The summed E-state index contributed by atoms with van der Waals surface area (Å²) in [6.07, 6.45) is 4.29. The van der Waals surface area contributed by atoms with E-state index in [2.05, 4.69) is 10.3 Å². The van der Waals surface area contributed by atoms with Gasteiger partial charge in [0.25, 0.3) is 11.6 Å². The van der Waals surface area contributed by atoms with Gasteiger partial charge in [0.05, 0.1) is 9.82 Å². The number of non-ortho nitro benzene ring substituents is 1. The first-order valence-electron chi connectivity index (χ1n) is 10.4. The van der Waals surface area contributed by atoms with Crippen LogP contribution in [0.3, 0.4) is 0 Å². The van der Waals surface area contributed by atoms with Crippen molar-refractivity contribution in [3.63, 3.8) is 0 Å². The molecule has 0 fully saturated rings. The first-order valence-corrected chi connectivity index (χ1v) is 11.9. The fraction of sp³-hybridized carbons (Fsp3) is 0.0400. The minimum Gasteiger partial charge on any atom is -0.457 e. The van der Waals surface area contributed by atoms with Gasteiger partial charge >= 0.3 is 0 Å². The number of nitro groups is 1. The molecule has 1 amide bonds. The Kier molecular flexibility index (Phi) is 6.83. The average Bonchev–Trinajstić information content (AvgIpc) is 3.36. The Hall–Kier alpha value is -4.57. The van der Waals surface area contributed by atoms with Gasteiger partial charge in [0, 0.05) is 42.7 Å². The van der Waals surface area contributed by atoms with Crippen molar-refractivity contribution in [2.45, 2.75) is 11.4 Å². The monoisotopic (exact) mass is 489 g/mol. The maximum atomic E-state index is 13.3. The smallest absolute Gasteiger partial charge is 0.270 e. The minimum absolute atomic E-state index is 0.0479. The summed E-state index contributed by atoms with van der Waals surface area (Å²) in [6, 6.07) is 19.9. The third-order valence-corrected chi connectivity index (χ3v) is 6.76. The predicted octanol–water partition coefficient (Wildman–Crippen LogP) is 4.38. The zero-order valence-electron chi connectivity index (χ0n) is 18.2. The molecule has 4 aromatic rings. The number of aromatic nitrogens is 1. The number of sulfone groups is 1. The molecular weight excluding hydrogens is 470 g/mol. The number of nitrogens with zero attached hydrogens (tertiary/aromatic N) is 2. The summed E-state index contributed by atoms with van der Waals surface area (Å²) in [5.41, 5.74) is 1.02. The Labute approximate surface area is 200 Å². The maximum absolute atomic E-state index is 13.3. The molecule has 0 radical (unpaired) electrons. The number of carbonyl (C=O) groups is 1. The fourth-order valence-electron chi connectivity index (χ4n) is 3.25. The van der Waals surface area contributed by atoms with Gasteiger partial charge in [-0.2, -0.15) is 0 Å². The van der Waals surface area contributed by atoms with Crippen molar-refractivity contribution in [2.75, 3.05) is 0 Å². The van der Waals surface area contributed by atoms with E-state index in [0.717, 1.165) is 6.08 Å². The molecular formula is C25H19N3O6S. The van der Waals surface area contributed by atoms with Gasteiger partial charge in [-0.25, -0.2) is 8.42 Å². The molecule has 0 spiro atoms. The van der Waals surface area contributed by atoms with Crippen LogP contribution in [0.15, 0.2) is 105 Å². The summed E-state index contributed by atoms with van der Waals surface area (Å²) in [5, 5.41) is 13.7. The lowest BCUT2D eigenvalue weighted by molar-refractivity contribution is -0.384. The molecule has 2 aromatic carbocycles. The molecule has 0 saturated carbocycles. The summed E-state index contributed by atoms with van der Waals surface area (Å²) in [7, 11) is -4.19. The Morgan fingerprint density at radius 2 is 1.83 bits per heavy atom. The number of benzene rings is 2. The van der Waals surface area contributed by atoms with Gasteiger partial charge in [-0.05, 0) is 35.9 Å². The second-order valence-corrected chi connectivity index (χ2v) is 9.30. The normalized spacial score (nSPS) is 11.7. The molecule has 0 aliphatic carbocycles. The van der Waals surface area contributed by atoms with Crippen molar-refractivity contribution in [1.82, 2.24) is 10.3 Å². The van der Waals surface area contributed by atoms with Crippen LogP contribution in [0.4, 0.5) is 5.69 Å². The third-order valence-electron chi connectivity index (χ3n) is 4.98. The van der Waals surface area contributed by atoms with E-state index in [0.29, 0.717) is 11.1 Å². The van der Waals surface area contributed by atoms with Crippen molar-refractivity contribution >= 4 is 27.5 Å². The predicted molar refractivity (Wildman–Crippen MR) is 128 cm³/mol. The van der Waals surface area contributed by atoms with E-state index in [4.69, 9.17) is 4.42 Å².